The molecule has 7 nitrogen and oxygen atoms in total. The summed E-state index contributed by atoms with van der Waals surface area (Å²) in [5.41, 5.74) is 2.03. The van der Waals surface area contributed by atoms with Crippen LogP contribution in [0.1, 0.15) is 45.9 Å². The van der Waals surface area contributed by atoms with Gasteiger partial charge in [0.1, 0.15) is 11.3 Å². The Balaban J connectivity index is 1.94. The number of sulfonamides is 1. The Morgan fingerprint density at radius 1 is 1.00 bits per heavy atom. The first-order valence-electron chi connectivity index (χ1n) is 10.4. The van der Waals surface area contributed by atoms with Crippen LogP contribution in [0, 0.1) is 6.92 Å². The highest BCUT2D eigenvalue weighted by Crippen LogP contribution is 2.33. The van der Waals surface area contributed by atoms with E-state index in [1.165, 1.54) is 55.7 Å². The fourth-order valence-electron chi connectivity index (χ4n) is 3.75. The standard InChI is InChI=1S/C25H22N2O5S/c1-4-18-5-8-21(9-6-18)33(30,31)27(25(29)19-11-13-26-14-12-19)20-7-10-23-22(15-20)24(16(2)28)17(3)32-23/h5-15H,4H2,1-3H3. The van der Waals surface area contributed by atoms with Crippen molar-refractivity contribution in [1.82, 2.24) is 4.98 Å². The van der Waals surface area contributed by atoms with Crippen LogP contribution < -0.4 is 4.31 Å². The van der Waals surface area contributed by atoms with Gasteiger partial charge in [0.15, 0.2) is 5.78 Å². The lowest BCUT2D eigenvalue weighted by atomic mass is 10.1. The van der Waals surface area contributed by atoms with Crippen molar-refractivity contribution in [1.29, 1.82) is 0 Å². The van der Waals surface area contributed by atoms with Crippen LogP contribution in [-0.4, -0.2) is 25.1 Å². The zero-order valence-corrected chi connectivity index (χ0v) is 19.2. The number of aromatic nitrogens is 1. The van der Waals surface area contributed by atoms with E-state index in [2.05, 4.69) is 4.98 Å². The second-order valence-electron chi connectivity index (χ2n) is 7.58. The van der Waals surface area contributed by atoms with E-state index >= 15 is 0 Å². The van der Waals surface area contributed by atoms with Gasteiger partial charge in [0.2, 0.25) is 0 Å². The minimum absolute atomic E-state index is 0.0163. The number of nitrogens with zero attached hydrogens (tertiary/aromatic N) is 2. The van der Waals surface area contributed by atoms with Crippen molar-refractivity contribution in [3.8, 4) is 0 Å². The molecular weight excluding hydrogens is 440 g/mol. The third kappa shape index (κ3) is 4.05. The molecule has 0 spiro atoms. The lowest BCUT2D eigenvalue weighted by Crippen LogP contribution is -2.37. The number of anilines is 1. The number of furan rings is 1. The monoisotopic (exact) mass is 462 g/mol. The van der Waals surface area contributed by atoms with Gasteiger partial charge in [0.05, 0.1) is 16.1 Å². The minimum Gasteiger partial charge on any atom is -0.461 e. The molecule has 0 unspecified atom stereocenters. The topological polar surface area (TPSA) is 97.6 Å². The first-order valence-corrected chi connectivity index (χ1v) is 11.8. The van der Waals surface area contributed by atoms with Gasteiger partial charge in [0, 0.05) is 23.3 Å². The van der Waals surface area contributed by atoms with Crippen molar-refractivity contribution in [2.75, 3.05) is 4.31 Å². The fourth-order valence-corrected chi connectivity index (χ4v) is 5.16. The van der Waals surface area contributed by atoms with Gasteiger partial charge in [-0.15, -0.1) is 0 Å². The number of fused-ring (bicyclic) bond motifs is 1. The molecule has 33 heavy (non-hydrogen) atoms. The van der Waals surface area contributed by atoms with Crippen LogP contribution in [0.15, 0.2) is 76.3 Å². The van der Waals surface area contributed by atoms with Crippen molar-refractivity contribution in [2.45, 2.75) is 32.1 Å². The van der Waals surface area contributed by atoms with Crippen LogP contribution in [0.25, 0.3) is 11.0 Å². The number of Topliss-reactive ketones (excluding diaryl/α,β-unsaturated/α-hetero) is 1. The summed E-state index contributed by atoms with van der Waals surface area (Å²) in [5, 5.41) is 0.446. The predicted octanol–water partition coefficient (Wildman–Crippen LogP) is 4.94. The van der Waals surface area contributed by atoms with Crippen LogP contribution in [0.4, 0.5) is 5.69 Å². The molecule has 4 aromatic rings. The maximum atomic E-state index is 13.7. The van der Waals surface area contributed by atoms with Crippen LogP contribution in [0.5, 0.6) is 0 Å². The Bertz CT molecular complexity index is 1460. The largest absolute Gasteiger partial charge is 0.461 e. The Hall–Kier alpha value is -3.78. The summed E-state index contributed by atoms with van der Waals surface area (Å²) in [6, 6.07) is 13.9. The van der Waals surface area contributed by atoms with E-state index < -0.39 is 15.9 Å². The van der Waals surface area contributed by atoms with Gasteiger partial charge in [-0.25, -0.2) is 8.42 Å². The first-order chi connectivity index (χ1) is 15.7. The van der Waals surface area contributed by atoms with Gasteiger partial charge in [-0.1, -0.05) is 19.1 Å². The van der Waals surface area contributed by atoms with Gasteiger partial charge >= 0.3 is 0 Å². The highest BCUT2D eigenvalue weighted by molar-refractivity contribution is 7.93. The van der Waals surface area contributed by atoms with Gasteiger partial charge in [0.25, 0.3) is 15.9 Å². The number of carbonyl (C=O) groups is 2. The van der Waals surface area contributed by atoms with Crippen LogP contribution in [0.2, 0.25) is 0 Å². The third-order valence-electron chi connectivity index (χ3n) is 5.42. The summed E-state index contributed by atoms with van der Waals surface area (Å²) in [4.78, 5) is 29.6. The third-order valence-corrected chi connectivity index (χ3v) is 7.14. The second-order valence-corrected chi connectivity index (χ2v) is 9.36. The van der Waals surface area contributed by atoms with Crippen molar-refractivity contribution >= 4 is 38.4 Å². The molecule has 1 amide bonds. The summed E-state index contributed by atoms with van der Waals surface area (Å²) in [7, 11) is -4.27. The number of rotatable bonds is 6. The van der Waals surface area contributed by atoms with Gasteiger partial charge in [-0.3, -0.25) is 14.6 Å². The molecule has 0 radical (unpaired) electrons. The van der Waals surface area contributed by atoms with Gasteiger partial charge in [-0.2, -0.15) is 4.31 Å². The van der Waals surface area contributed by atoms with Crippen LogP contribution in [-0.2, 0) is 16.4 Å². The lowest BCUT2D eigenvalue weighted by Gasteiger charge is -2.23. The summed E-state index contributed by atoms with van der Waals surface area (Å²) in [6.07, 6.45) is 3.60. The maximum absolute atomic E-state index is 13.7. The maximum Gasteiger partial charge on any atom is 0.272 e. The molecule has 4 rings (SSSR count). The average molecular weight is 463 g/mol. The smallest absolute Gasteiger partial charge is 0.272 e. The number of pyridine rings is 1. The van der Waals surface area contributed by atoms with Crippen LogP contribution >= 0.6 is 0 Å². The summed E-state index contributed by atoms with van der Waals surface area (Å²) in [5.74, 6) is -0.519. The molecule has 0 aliphatic carbocycles. The quantitative estimate of drug-likeness (QED) is 0.377. The summed E-state index contributed by atoms with van der Waals surface area (Å²) in [6.45, 7) is 5.05. The highest BCUT2D eigenvalue weighted by atomic mass is 32.2. The average Bonchev–Trinajstić information content (AvgIpc) is 3.14. The Morgan fingerprint density at radius 3 is 2.27 bits per heavy atom. The van der Waals surface area contributed by atoms with Crippen molar-refractivity contribution in [3.63, 3.8) is 0 Å². The molecule has 0 saturated heterocycles. The molecule has 2 heterocycles. The fraction of sp³-hybridized carbons (Fsp3) is 0.160. The molecular formula is C25H22N2O5S. The number of ketones is 1. The zero-order valence-electron chi connectivity index (χ0n) is 18.4. The van der Waals surface area contributed by atoms with E-state index in [1.807, 2.05) is 6.92 Å². The molecule has 0 fully saturated rings. The summed E-state index contributed by atoms with van der Waals surface area (Å²) < 4.78 is 33.8. The van der Waals surface area contributed by atoms with Crippen molar-refractivity contribution in [2.24, 2.45) is 0 Å². The van der Waals surface area contributed by atoms with E-state index in [4.69, 9.17) is 4.42 Å². The second kappa shape index (κ2) is 8.63. The molecule has 0 atom stereocenters. The first kappa shape index (κ1) is 22.4. The number of carbonyl (C=O) groups excluding carboxylic acids is 2. The van der Waals surface area contributed by atoms with E-state index in [0.29, 0.717) is 22.3 Å². The zero-order chi connectivity index (χ0) is 23.8. The lowest BCUT2D eigenvalue weighted by molar-refractivity contribution is 0.1000. The van der Waals surface area contributed by atoms with E-state index in [-0.39, 0.29) is 21.9 Å². The molecule has 0 bridgehead atoms. The molecule has 2 aromatic carbocycles. The number of hydrogen-bond donors (Lipinski definition) is 0. The van der Waals surface area contributed by atoms with E-state index in [0.717, 1.165) is 16.3 Å². The van der Waals surface area contributed by atoms with Gasteiger partial charge < -0.3 is 4.42 Å². The molecule has 0 aliphatic rings. The highest BCUT2D eigenvalue weighted by Gasteiger charge is 2.32. The number of aryl methyl sites for hydroxylation is 2. The summed E-state index contributed by atoms with van der Waals surface area (Å²) >= 11 is 0. The Morgan fingerprint density at radius 2 is 1.67 bits per heavy atom. The van der Waals surface area contributed by atoms with Crippen molar-refractivity contribution < 1.29 is 22.4 Å². The van der Waals surface area contributed by atoms with Crippen LogP contribution in [0.3, 0.4) is 0 Å². The molecule has 0 N–H and O–H groups in total. The van der Waals surface area contributed by atoms with E-state index in [9.17, 15) is 18.0 Å². The molecule has 8 heteroatoms. The molecule has 0 saturated carbocycles. The predicted molar refractivity (Wildman–Crippen MR) is 125 cm³/mol. The molecule has 168 valence electrons. The minimum atomic E-state index is -4.27. The SMILES string of the molecule is CCc1ccc(S(=O)(=O)N(C(=O)c2ccncc2)c2ccc3oc(C)c(C(C)=O)c3c2)cc1. The van der Waals surface area contributed by atoms with Gasteiger partial charge in [-0.05, 0) is 68.3 Å². The molecule has 2 aromatic heterocycles. The van der Waals surface area contributed by atoms with Crippen molar-refractivity contribution in [3.05, 3.63) is 89.4 Å². The molecule has 0 aliphatic heterocycles. The number of benzene rings is 2. The number of amides is 1. The number of hydrogen-bond acceptors (Lipinski definition) is 6. The Labute approximate surface area is 191 Å². The Kier molecular flexibility index (Phi) is 5.86. The van der Waals surface area contributed by atoms with E-state index in [1.54, 1.807) is 25.1 Å². The normalized spacial score (nSPS) is 11.5.